The van der Waals surface area contributed by atoms with Crippen molar-refractivity contribution >= 4 is 17.9 Å². The Kier molecular flexibility index (Phi) is 7.05. The molecule has 2 aromatic carbocycles. The Balaban J connectivity index is 1.30. The van der Waals surface area contributed by atoms with Crippen molar-refractivity contribution in [2.75, 3.05) is 13.2 Å². The first-order chi connectivity index (χ1) is 19.6. The number of esters is 3. The van der Waals surface area contributed by atoms with Crippen molar-refractivity contribution in [3.05, 3.63) is 83.4 Å². The second-order valence-electron chi connectivity index (χ2n) is 12.8. The van der Waals surface area contributed by atoms with Crippen LogP contribution in [0.3, 0.4) is 0 Å². The number of carbonyl (C=O) groups excluding carboxylic acids is 3. The maximum Gasteiger partial charge on any atom is 0.338 e. The highest BCUT2D eigenvalue weighted by atomic mass is 16.6. The van der Waals surface area contributed by atoms with Crippen molar-refractivity contribution in [2.45, 2.75) is 70.7 Å². The Morgan fingerprint density at radius 3 is 2.17 bits per heavy atom. The minimum atomic E-state index is -0.618. The van der Waals surface area contributed by atoms with Gasteiger partial charge < -0.3 is 18.9 Å². The molecule has 6 rings (SSSR count). The highest BCUT2D eigenvalue weighted by Crippen LogP contribution is 2.66. The monoisotopic (exact) mass is 558 g/mol. The Labute approximate surface area is 241 Å². The summed E-state index contributed by atoms with van der Waals surface area (Å²) in [6.07, 6.45) is 4.99. The number of carbonyl (C=O) groups is 3. The van der Waals surface area contributed by atoms with Crippen LogP contribution in [0.5, 0.6) is 0 Å². The maximum absolute atomic E-state index is 13.3. The van der Waals surface area contributed by atoms with Crippen molar-refractivity contribution in [2.24, 2.45) is 22.7 Å². The molecule has 7 atom stereocenters. The molecular weight excluding hydrogens is 520 g/mol. The van der Waals surface area contributed by atoms with Crippen molar-refractivity contribution in [1.82, 2.24) is 0 Å². The molecule has 2 saturated carbocycles. The summed E-state index contributed by atoms with van der Waals surface area (Å²) >= 11 is 0. The van der Waals surface area contributed by atoms with Crippen LogP contribution in [0, 0.1) is 22.7 Å². The molecule has 1 unspecified atom stereocenters. The van der Waals surface area contributed by atoms with E-state index < -0.39 is 11.5 Å². The van der Waals surface area contributed by atoms with Crippen molar-refractivity contribution in [3.63, 3.8) is 0 Å². The Morgan fingerprint density at radius 2 is 1.54 bits per heavy atom. The lowest BCUT2D eigenvalue weighted by molar-refractivity contribution is -0.197. The van der Waals surface area contributed by atoms with E-state index in [0.29, 0.717) is 29.7 Å². The summed E-state index contributed by atoms with van der Waals surface area (Å²) < 4.78 is 24.1. The first-order valence-corrected chi connectivity index (χ1v) is 14.7. The fraction of sp³-hybridized carbons (Fsp3) is 0.500. The van der Waals surface area contributed by atoms with Gasteiger partial charge in [0.2, 0.25) is 0 Å². The predicted octanol–water partition coefficient (Wildman–Crippen LogP) is 5.93. The number of cyclic esters (lactones) is 1. The molecule has 2 aromatic rings. The molecule has 0 radical (unpaired) electrons. The maximum atomic E-state index is 13.3. The fourth-order valence-corrected chi connectivity index (χ4v) is 8.41. The number of rotatable bonds is 6. The van der Waals surface area contributed by atoms with Gasteiger partial charge in [-0.1, -0.05) is 50.2 Å². The molecule has 7 nitrogen and oxygen atoms in total. The fourth-order valence-electron chi connectivity index (χ4n) is 8.41. The van der Waals surface area contributed by atoms with E-state index in [1.165, 1.54) is 0 Å². The highest BCUT2D eigenvalue weighted by molar-refractivity contribution is 5.91. The molecule has 4 aliphatic rings. The third-order valence-corrected chi connectivity index (χ3v) is 10.5. The van der Waals surface area contributed by atoms with Gasteiger partial charge in [-0.05, 0) is 86.6 Å². The average molecular weight is 559 g/mol. The van der Waals surface area contributed by atoms with Gasteiger partial charge in [-0.25, -0.2) is 14.4 Å². The van der Waals surface area contributed by atoms with Crippen LogP contribution in [0.1, 0.15) is 73.6 Å². The molecule has 0 aromatic heterocycles. The van der Waals surface area contributed by atoms with E-state index in [4.69, 9.17) is 18.9 Å². The number of ether oxygens (including phenoxy) is 4. The van der Waals surface area contributed by atoms with Crippen LogP contribution in [0.4, 0.5) is 0 Å². The van der Waals surface area contributed by atoms with E-state index >= 15 is 0 Å². The van der Waals surface area contributed by atoms with Gasteiger partial charge in [-0.15, -0.1) is 0 Å². The van der Waals surface area contributed by atoms with Gasteiger partial charge in [0.15, 0.2) is 0 Å². The van der Waals surface area contributed by atoms with E-state index in [1.54, 1.807) is 24.3 Å². The normalized spacial score (nSPS) is 36.0. The zero-order valence-electron chi connectivity index (χ0n) is 24.0. The van der Waals surface area contributed by atoms with Crippen LogP contribution in [0.15, 0.2) is 72.3 Å². The Hall–Kier alpha value is -3.45. The number of benzene rings is 2. The predicted molar refractivity (Wildman–Crippen MR) is 151 cm³/mol. The van der Waals surface area contributed by atoms with Crippen LogP contribution < -0.4 is 0 Å². The molecule has 7 heteroatoms. The van der Waals surface area contributed by atoms with E-state index in [1.807, 2.05) is 42.5 Å². The number of hydrogen-bond acceptors (Lipinski definition) is 7. The molecule has 2 aliphatic heterocycles. The van der Waals surface area contributed by atoms with E-state index in [0.717, 1.165) is 25.7 Å². The smallest absolute Gasteiger partial charge is 0.338 e. The highest BCUT2D eigenvalue weighted by Gasteiger charge is 2.66. The molecule has 0 amide bonds. The van der Waals surface area contributed by atoms with Gasteiger partial charge in [-0.2, -0.15) is 0 Å². The van der Waals surface area contributed by atoms with Crippen molar-refractivity contribution < 1.29 is 33.3 Å². The molecule has 2 heterocycles. The lowest BCUT2D eigenvalue weighted by atomic mass is 9.44. The first kappa shape index (κ1) is 27.7. The van der Waals surface area contributed by atoms with Crippen LogP contribution in [-0.2, 0) is 23.7 Å². The van der Waals surface area contributed by atoms with Gasteiger partial charge in [0.25, 0.3) is 0 Å². The van der Waals surface area contributed by atoms with Crippen LogP contribution >= 0.6 is 0 Å². The molecular formula is C34H38O7. The number of hydrogen-bond donors (Lipinski definition) is 0. The third-order valence-electron chi connectivity index (χ3n) is 10.5. The molecule has 0 spiro atoms. The third kappa shape index (κ3) is 4.78. The minimum Gasteiger partial charge on any atom is -0.461 e. The van der Waals surface area contributed by atoms with E-state index in [2.05, 4.69) is 20.8 Å². The van der Waals surface area contributed by atoms with Gasteiger partial charge >= 0.3 is 17.9 Å². The van der Waals surface area contributed by atoms with Crippen molar-refractivity contribution in [1.29, 1.82) is 0 Å². The quantitative estimate of drug-likeness (QED) is 0.321. The lowest BCUT2D eigenvalue weighted by Gasteiger charge is -2.62. The lowest BCUT2D eigenvalue weighted by Crippen LogP contribution is -2.62. The summed E-state index contributed by atoms with van der Waals surface area (Å²) in [4.78, 5) is 38.7. The van der Waals surface area contributed by atoms with Crippen LogP contribution in [0.2, 0.25) is 0 Å². The molecule has 0 N–H and O–H groups in total. The minimum absolute atomic E-state index is 0.103. The summed E-state index contributed by atoms with van der Waals surface area (Å²) in [7, 11) is 0. The zero-order chi connectivity index (χ0) is 28.8. The summed E-state index contributed by atoms with van der Waals surface area (Å²) in [5.74, 6) is -0.748. The van der Waals surface area contributed by atoms with Crippen molar-refractivity contribution in [3.8, 4) is 0 Å². The Morgan fingerprint density at radius 1 is 0.878 bits per heavy atom. The number of fused-ring (bicyclic) bond motifs is 3. The van der Waals surface area contributed by atoms with Gasteiger partial charge in [0.05, 0.1) is 28.4 Å². The summed E-state index contributed by atoms with van der Waals surface area (Å²) in [5.41, 5.74) is 0.457. The summed E-state index contributed by atoms with van der Waals surface area (Å²) in [6.45, 7) is 7.05. The van der Waals surface area contributed by atoms with Gasteiger partial charge in [0, 0.05) is 5.41 Å². The SMILES string of the molecule is C[C@]1(COC(=O)c2ccccc2)[C@H]2CC[C@@]3(C)OC(C4=CCOC4=O)C[C@H]3[C@]2(C)CC[C@H]1OC(=O)c1ccccc1. The molecule has 216 valence electrons. The average Bonchev–Trinajstić information content (AvgIpc) is 3.57. The van der Waals surface area contributed by atoms with Gasteiger partial charge in [0.1, 0.15) is 19.3 Å². The summed E-state index contributed by atoms with van der Waals surface area (Å²) in [6, 6.07) is 18.0. The molecule has 41 heavy (non-hydrogen) atoms. The van der Waals surface area contributed by atoms with Crippen LogP contribution in [-0.4, -0.2) is 48.9 Å². The largest absolute Gasteiger partial charge is 0.461 e. The topological polar surface area (TPSA) is 88.1 Å². The summed E-state index contributed by atoms with van der Waals surface area (Å²) in [5, 5.41) is 0. The molecule has 2 aliphatic carbocycles. The van der Waals surface area contributed by atoms with Crippen LogP contribution in [0.25, 0.3) is 0 Å². The van der Waals surface area contributed by atoms with E-state index in [9.17, 15) is 14.4 Å². The first-order valence-electron chi connectivity index (χ1n) is 14.7. The zero-order valence-corrected chi connectivity index (χ0v) is 24.0. The second-order valence-corrected chi connectivity index (χ2v) is 12.8. The van der Waals surface area contributed by atoms with E-state index in [-0.39, 0.29) is 53.5 Å². The molecule has 3 fully saturated rings. The molecule has 1 saturated heterocycles. The van der Waals surface area contributed by atoms with Gasteiger partial charge in [-0.3, -0.25) is 0 Å². The second kappa shape index (κ2) is 10.4. The Bertz CT molecular complexity index is 1350. The molecule has 0 bridgehead atoms. The standard InChI is InChI=1S/C34H38O7/c1-32-17-15-28(40-30(36)23-12-8-5-9-13-23)33(2,21-39-29(35)22-10-6-4-7-11-22)26(32)14-18-34(3)27(32)20-25(41-34)24-16-19-38-31(24)37/h4-13,16,25-28H,14-15,17-21H2,1-3H3/t25?,26-,27-,28+,32+,33-,34+/m0/s1.